The molecule has 2 amide bonds. The highest BCUT2D eigenvalue weighted by atomic mass is 32.1. The van der Waals surface area contributed by atoms with Crippen LogP contribution in [0.25, 0.3) is 0 Å². The van der Waals surface area contributed by atoms with Crippen molar-refractivity contribution in [2.24, 2.45) is 0 Å². The van der Waals surface area contributed by atoms with Gasteiger partial charge in [0.1, 0.15) is 5.75 Å². The van der Waals surface area contributed by atoms with Gasteiger partial charge in [0.25, 0.3) is 11.8 Å². The van der Waals surface area contributed by atoms with Crippen LogP contribution in [-0.4, -0.2) is 16.9 Å². The Kier molecular flexibility index (Phi) is 3.82. The third-order valence-corrected chi connectivity index (χ3v) is 3.39. The predicted octanol–water partition coefficient (Wildman–Crippen LogP) is 1.84. The van der Waals surface area contributed by atoms with Crippen LogP contribution >= 0.6 is 11.3 Å². The minimum atomic E-state index is -0.564. The highest BCUT2D eigenvalue weighted by Crippen LogP contribution is 2.20. The number of thiophene rings is 1. The monoisotopic (exact) mass is 276 g/mol. The van der Waals surface area contributed by atoms with Gasteiger partial charge in [0.15, 0.2) is 0 Å². The third-order valence-electron chi connectivity index (χ3n) is 2.52. The maximum Gasteiger partial charge on any atom is 0.279 e. The summed E-state index contributed by atoms with van der Waals surface area (Å²) in [5, 5.41) is 11.5. The van der Waals surface area contributed by atoms with Crippen molar-refractivity contribution in [2.45, 2.75) is 6.92 Å². The van der Waals surface area contributed by atoms with Crippen molar-refractivity contribution in [1.29, 1.82) is 0 Å². The molecule has 98 valence electrons. The van der Waals surface area contributed by atoms with Crippen molar-refractivity contribution < 1.29 is 14.7 Å². The quantitative estimate of drug-likeness (QED) is 0.732. The molecule has 0 bridgehead atoms. The van der Waals surface area contributed by atoms with Crippen molar-refractivity contribution in [3.63, 3.8) is 0 Å². The molecule has 0 atom stereocenters. The lowest BCUT2D eigenvalue weighted by Crippen LogP contribution is -2.41. The molecule has 0 fully saturated rings. The van der Waals surface area contributed by atoms with Gasteiger partial charge in [-0.2, -0.15) is 0 Å². The van der Waals surface area contributed by atoms with Crippen LogP contribution in [-0.2, 0) is 0 Å². The fourth-order valence-corrected chi connectivity index (χ4v) is 2.11. The van der Waals surface area contributed by atoms with Gasteiger partial charge in [-0.05, 0) is 30.0 Å². The van der Waals surface area contributed by atoms with E-state index in [0.29, 0.717) is 10.4 Å². The Morgan fingerprint density at radius 2 is 1.84 bits per heavy atom. The predicted molar refractivity (Wildman–Crippen MR) is 72.1 cm³/mol. The van der Waals surface area contributed by atoms with Gasteiger partial charge >= 0.3 is 0 Å². The third kappa shape index (κ3) is 2.92. The zero-order valence-electron chi connectivity index (χ0n) is 10.1. The Bertz CT molecular complexity index is 608. The van der Waals surface area contributed by atoms with Crippen molar-refractivity contribution in [2.75, 3.05) is 0 Å². The van der Waals surface area contributed by atoms with Crippen LogP contribution in [0.2, 0.25) is 0 Å². The van der Waals surface area contributed by atoms with Gasteiger partial charge in [0, 0.05) is 0 Å². The van der Waals surface area contributed by atoms with Gasteiger partial charge in [0.05, 0.1) is 10.4 Å². The molecular weight excluding hydrogens is 264 g/mol. The Morgan fingerprint density at radius 1 is 1.11 bits per heavy atom. The SMILES string of the molecule is Cc1cccc(C(=O)NNC(=O)c2cccs2)c1O. The number of hydrazine groups is 1. The number of nitrogens with one attached hydrogen (secondary N) is 2. The Balaban J connectivity index is 2.02. The maximum atomic E-state index is 11.8. The molecule has 1 aromatic carbocycles. The Morgan fingerprint density at radius 3 is 2.53 bits per heavy atom. The summed E-state index contributed by atoms with van der Waals surface area (Å²) in [7, 11) is 0. The summed E-state index contributed by atoms with van der Waals surface area (Å²) in [5.41, 5.74) is 5.27. The number of benzene rings is 1. The lowest BCUT2D eigenvalue weighted by Gasteiger charge is -2.08. The van der Waals surface area contributed by atoms with Gasteiger partial charge in [0.2, 0.25) is 0 Å². The van der Waals surface area contributed by atoms with E-state index >= 15 is 0 Å². The maximum absolute atomic E-state index is 11.8. The molecule has 5 nitrogen and oxygen atoms in total. The first-order chi connectivity index (χ1) is 9.09. The number of para-hydroxylation sites is 1. The molecule has 0 unspecified atom stereocenters. The molecule has 0 aliphatic heterocycles. The number of phenols is 1. The van der Waals surface area contributed by atoms with E-state index in [1.807, 2.05) is 0 Å². The lowest BCUT2D eigenvalue weighted by molar-refractivity contribution is 0.0847. The number of aromatic hydroxyl groups is 1. The molecule has 0 saturated heterocycles. The lowest BCUT2D eigenvalue weighted by atomic mass is 10.1. The summed E-state index contributed by atoms with van der Waals surface area (Å²) in [4.78, 5) is 23.9. The van der Waals surface area contributed by atoms with Crippen LogP contribution in [0, 0.1) is 6.92 Å². The van der Waals surface area contributed by atoms with Crippen LogP contribution in [0.3, 0.4) is 0 Å². The number of hydrogen-bond acceptors (Lipinski definition) is 4. The fraction of sp³-hybridized carbons (Fsp3) is 0.0769. The van der Waals surface area contributed by atoms with Crippen molar-refractivity contribution in [3.05, 3.63) is 51.7 Å². The molecule has 0 saturated carbocycles. The molecule has 1 heterocycles. The average Bonchev–Trinajstić information content (AvgIpc) is 2.93. The number of rotatable bonds is 2. The molecule has 2 aromatic rings. The Labute approximate surface area is 113 Å². The first kappa shape index (κ1) is 13.1. The summed E-state index contributed by atoms with van der Waals surface area (Å²) in [5.74, 6) is -1.05. The largest absolute Gasteiger partial charge is 0.507 e. The number of amides is 2. The summed E-state index contributed by atoms with van der Waals surface area (Å²) >= 11 is 1.27. The zero-order valence-corrected chi connectivity index (χ0v) is 11.0. The highest BCUT2D eigenvalue weighted by Gasteiger charge is 2.13. The van der Waals surface area contributed by atoms with E-state index in [0.717, 1.165) is 0 Å². The van der Waals surface area contributed by atoms with E-state index < -0.39 is 11.8 Å². The summed E-state index contributed by atoms with van der Waals surface area (Å²) in [6.07, 6.45) is 0. The van der Waals surface area contributed by atoms with Crippen molar-refractivity contribution in [3.8, 4) is 5.75 Å². The van der Waals surface area contributed by atoms with Gasteiger partial charge in [-0.3, -0.25) is 20.4 Å². The fourth-order valence-electron chi connectivity index (χ4n) is 1.49. The minimum absolute atomic E-state index is 0.0922. The molecule has 6 heteroatoms. The number of hydrogen-bond donors (Lipinski definition) is 3. The zero-order chi connectivity index (χ0) is 13.8. The van der Waals surface area contributed by atoms with E-state index in [9.17, 15) is 14.7 Å². The van der Waals surface area contributed by atoms with Crippen LogP contribution in [0.4, 0.5) is 0 Å². The summed E-state index contributed by atoms with van der Waals surface area (Å²) < 4.78 is 0. The second-order valence-corrected chi connectivity index (χ2v) is 4.80. The topological polar surface area (TPSA) is 78.4 Å². The molecular formula is C13H12N2O3S. The van der Waals surface area contributed by atoms with Crippen molar-refractivity contribution in [1.82, 2.24) is 10.9 Å². The number of phenolic OH excluding ortho intramolecular Hbond substituents is 1. The normalized spacial score (nSPS) is 9.95. The Hall–Kier alpha value is -2.34. The number of carbonyl (C=O) groups excluding carboxylic acids is 2. The number of aryl methyl sites for hydroxylation is 1. The molecule has 0 radical (unpaired) electrons. The van der Waals surface area contributed by atoms with Crippen LogP contribution in [0.1, 0.15) is 25.6 Å². The first-order valence-electron chi connectivity index (χ1n) is 5.52. The van der Waals surface area contributed by atoms with Gasteiger partial charge < -0.3 is 5.11 Å². The molecule has 19 heavy (non-hydrogen) atoms. The molecule has 0 aliphatic carbocycles. The molecule has 1 aromatic heterocycles. The second-order valence-electron chi connectivity index (χ2n) is 3.86. The van der Waals surface area contributed by atoms with E-state index in [4.69, 9.17) is 0 Å². The molecule has 2 rings (SSSR count). The molecule has 0 spiro atoms. The molecule has 0 aliphatic rings. The van der Waals surface area contributed by atoms with Gasteiger partial charge in [-0.15, -0.1) is 11.3 Å². The standard InChI is InChI=1S/C13H12N2O3S/c1-8-4-2-5-9(11(8)16)12(17)14-15-13(18)10-6-3-7-19-10/h2-7,16H,1H3,(H,14,17)(H,15,18). The van der Waals surface area contributed by atoms with Crippen molar-refractivity contribution >= 4 is 23.2 Å². The summed E-state index contributed by atoms with van der Waals surface area (Å²) in [6, 6.07) is 8.22. The van der Waals surface area contributed by atoms with E-state index in [1.54, 1.807) is 36.6 Å². The van der Waals surface area contributed by atoms with Gasteiger partial charge in [-0.25, -0.2) is 0 Å². The van der Waals surface area contributed by atoms with E-state index in [2.05, 4.69) is 10.9 Å². The first-order valence-corrected chi connectivity index (χ1v) is 6.40. The smallest absolute Gasteiger partial charge is 0.279 e. The average molecular weight is 276 g/mol. The highest BCUT2D eigenvalue weighted by molar-refractivity contribution is 7.12. The summed E-state index contributed by atoms with van der Waals surface area (Å²) in [6.45, 7) is 1.69. The minimum Gasteiger partial charge on any atom is -0.507 e. The van der Waals surface area contributed by atoms with Crippen LogP contribution < -0.4 is 10.9 Å². The van der Waals surface area contributed by atoms with Crippen LogP contribution in [0.15, 0.2) is 35.7 Å². The van der Waals surface area contributed by atoms with E-state index in [-0.39, 0.29) is 11.3 Å². The number of carbonyl (C=O) groups is 2. The van der Waals surface area contributed by atoms with Crippen LogP contribution in [0.5, 0.6) is 5.75 Å². The molecule has 3 N–H and O–H groups in total. The second kappa shape index (κ2) is 5.53. The van der Waals surface area contributed by atoms with Gasteiger partial charge in [-0.1, -0.05) is 18.2 Å². The van der Waals surface area contributed by atoms with E-state index in [1.165, 1.54) is 17.4 Å².